The first kappa shape index (κ1) is 13.1. The van der Waals surface area contributed by atoms with E-state index in [0.29, 0.717) is 12.1 Å². The number of sulfonamides is 1. The second-order valence-electron chi connectivity index (χ2n) is 5.09. The third-order valence-corrected chi connectivity index (χ3v) is 4.83. The lowest BCUT2D eigenvalue weighted by molar-refractivity contribution is -0.308. The van der Waals surface area contributed by atoms with E-state index >= 15 is 0 Å². The Balaban J connectivity index is 2.11. The van der Waals surface area contributed by atoms with Crippen molar-refractivity contribution in [2.75, 3.05) is 5.32 Å². The van der Waals surface area contributed by atoms with Gasteiger partial charge in [-0.2, -0.15) is 0 Å². The van der Waals surface area contributed by atoms with Crippen molar-refractivity contribution in [3.8, 4) is 0 Å². The number of hydrogen-bond acceptors (Lipinski definition) is 5. The van der Waals surface area contributed by atoms with Crippen LogP contribution in [-0.4, -0.2) is 20.4 Å². The SMILES string of the molecule is NS(=O)(=O)c1ccc2c(c1)[C@H]1C=CC[C@@H]1[C@H](C(=O)[O-])N2. The van der Waals surface area contributed by atoms with Crippen LogP contribution in [0.4, 0.5) is 5.69 Å². The Kier molecular flexibility index (Phi) is 2.84. The molecule has 3 rings (SSSR count). The minimum absolute atomic E-state index is 0.0315. The topological polar surface area (TPSA) is 112 Å². The summed E-state index contributed by atoms with van der Waals surface area (Å²) in [4.78, 5) is 11.2. The van der Waals surface area contributed by atoms with Gasteiger partial charge in [-0.05, 0) is 36.1 Å². The van der Waals surface area contributed by atoms with Gasteiger partial charge in [0.1, 0.15) is 0 Å². The van der Waals surface area contributed by atoms with E-state index < -0.39 is 22.0 Å². The highest BCUT2D eigenvalue weighted by atomic mass is 32.2. The average Bonchev–Trinajstić information content (AvgIpc) is 2.85. The zero-order valence-electron chi connectivity index (χ0n) is 10.4. The van der Waals surface area contributed by atoms with Crippen molar-refractivity contribution in [3.63, 3.8) is 0 Å². The average molecular weight is 293 g/mol. The molecule has 106 valence electrons. The second-order valence-corrected chi connectivity index (χ2v) is 6.65. The van der Waals surface area contributed by atoms with Gasteiger partial charge in [0.15, 0.2) is 0 Å². The summed E-state index contributed by atoms with van der Waals surface area (Å²) in [5.41, 5.74) is 1.37. The molecule has 1 heterocycles. The summed E-state index contributed by atoms with van der Waals surface area (Å²) < 4.78 is 22.8. The van der Waals surface area contributed by atoms with Gasteiger partial charge in [0.2, 0.25) is 10.0 Å². The number of hydrogen-bond donors (Lipinski definition) is 2. The smallest absolute Gasteiger partial charge is 0.238 e. The van der Waals surface area contributed by atoms with Crippen molar-refractivity contribution in [1.29, 1.82) is 0 Å². The van der Waals surface area contributed by atoms with E-state index in [0.717, 1.165) is 5.56 Å². The first-order valence-electron chi connectivity index (χ1n) is 6.19. The van der Waals surface area contributed by atoms with Gasteiger partial charge in [0, 0.05) is 11.6 Å². The third-order valence-electron chi connectivity index (χ3n) is 3.92. The first-order valence-corrected chi connectivity index (χ1v) is 7.73. The number of allylic oxidation sites excluding steroid dienone is 2. The third kappa shape index (κ3) is 1.99. The van der Waals surface area contributed by atoms with Crippen molar-refractivity contribution in [2.24, 2.45) is 11.1 Å². The first-order chi connectivity index (χ1) is 9.38. The van der Waals surface area contributed by atoms with Crippen molar-refractivity contribution in [1.82, 2.24) is 0 Å². The van der Waals surface area contributed by atoms with E-state index in [4.69, 9.17) is 5.14 Å². The summed E-state index contributed by atoms with van der Waals surface area (Å²) in [6.07, 6.45) is 4.44. The lowest BCUT2D eigenvalue weighted by Crippen LogP contribution is -2.48. The Bertz CT molecular complexity index is 711. The lowest BCUT2D eigenvalue weighted by Gasteiger charge is -2.37. The number of carbonyl (C=O) groups excluding carboxylic acids is 1. The van der Waals surface area contributed by atoms with Crippen LogP contribution in [0.3, 0.4) is 0 Å². The Hall–Kier alpha value is -1.86. The molecule has 0 saturated carbocycles. The number of carbonyl (C=O) groups is 1. The van der Waals surface area contributed by atoms with Crippen LogP contribution < -0.4 is 15.6 Å². The van der Waals surface area contributed by atoms with Crippen LogP contribution in [0.1, 0.15) is 17.9 Å². The van der Waals surface area contributed by atoms with Gasteiger partial charge >= 0.3 is 0 Å². The molecule has 3 atom stereocenters. The minimum Gasteiger partial charge on any atom is -0.548 e. The quantitative estimate of drug-likeness (QED) is 0.716. The molecule has 0 radical (unpaired) electrons. The van der Waals surface area contributed by atoms with Crippen LogP contribution in [0.2, 0.25) is 0 Å². The molecule has 0 unspecified atom stereocenters. The number of nitrogens with one attached hydrogen (secondary N) is 1. The predicted octanol–water partition coefficient (Wildman–Crippen LogP) is -0.462. The normalized spacial score (nSPS) is 27.6. The molecule has 0 fully saturated rings. The Morgan fingerprint density at radius 2 is 2.15 bits per heavy atom. The highest BCUT2D eigenvalue weighted by molar-refractivity contribution is 7.89. The van der Waals surface area contributed by atoms with Crippen LogP contribution >= 0.6 is 0 Å². The number of anilines is 1. The van der Waals surface area contributed by atoms with Gasteiger partial charge in [-0.3, -0.25) is 0 Å². The molecular weight excluding hydrogens is 280 g/mol. The zero-order chi connectivity index (χ0) is 14.5. The number of primary sulfonamides is 1. The van der Waals surface area contributed by atoms with E-state index in [-0.39, 0.29) is 16.7 Å². The van der Waals surface area contributed by atoms with E-state index in [1.54, 1.807) is 6.07 Å². The number of carboxylic acid groups (broad SMARTS) is 1. The maximum atomic E-state index is 11.4. The number of carboxylic acids is 1. The van der Waals surface area contributed by atoms with Crippen molar-refractivity contribution in [2.45, 2.75) is 23.3 Å². The fourth-order valence-electron chi connectivity index (χ4n) is 2.98. The number of nitrogens with two attached hydrogens (primary N) is 1. The van der Waals surface area contributed by atoms with E-state index in [1.807, 2.05) is 12.2 Å². The van der Waals surface area contributed by atoms with E-state index in [2.05, 4.69) is 5.32 Å². The van der Waals surface area contributed by atoms with Gasteiger partial charge in [-0.25, -0.2) is 13.6 Å². The molecule has 1 aliphatic heterocycles. The highest BCUT2D eigenvalue weighted by Crippen LogP contribution is 2.44. The molecule has 0 bridgehead atoms. The number of fused-ring (bicyclic) bond motifs is 3. The van der Waals surface area contributed by atoms with Gasteiger partial charge in [0.25, 0.3) is 0 Å². The number of benzene rings is 1. The molecule has 0 spiro atoms. The Morgan fingerprint density at radius 3 is 2.80 bits per heavy atom. The maximum absolute atomic E-state index is 11.4. The molecule has 0 saturated heterocycles. The Morgan fingerprint density at radius 1 is 1.40 bits per heavy atom. The molecule has 0 amide bonds. The monoisotopic (exact) mass is 293 g/mol. The van der Waals surface area contributed by atoms with Crippen molar-refractivity contribution < 1.29 is 18.3 Å². The fourth-order valence-corrected chi connectivity index (χ4v) is 3.53. The molecule has 2 aliphatic rings. The largest absolute Gasteiger partial charge is 0.548 e. The van der Waals surface area contributed by atoms with E-state index in [9.17, 15) is 18.3 Å². The predicted molar refractivity (Wildman–Crippen MR) is 70.2 cm³/mol. The van der Waals surface area contributed by atoms with Crippen molar-refractivity contribution in [3.05, 3.63) is 35.9 Å². The molecule has 0 aromatic heterocycles. The van der Waals surface area contributed by atoms with E-state index in [1.165, 1.54) is 12.1 Å². The van der Waals surface area contributed by atoms with Gasteiger partial charge in [0.05, 0.1) is 16.9 Å². The van der Waals surface area contributed by atoms with Crippen LogP contribution in [0.25, 0.3) is 0 Å². The van der Waals surface area contributed by atoms with Crippen LogP contribution in [-0.2, 0) is 14.8 Å². The molecule has 1 aromatic carbocycles. The zero-order valence-corrected chi connectivity index (χ0v) is 11.3. The highest BCUT2D eigenvalue weighted by Gasteiger charge is 2.38. The summed E-state index contributed by atoms with van der Waals surface area (Å²) in [5, 5.41) is 19.3. The fraction of sp³-hybridized carbons (Fsp3) is 0.308. The lowest BCUT2D eigenvalue weighted by atomic mass is 9.79. The molecule has 3 N–H and O–H groups in total. The number of aliphatic carboxylic acids is 1. The molecular formula is C13H13N2O4S-. The summed E-state index contributed by atoms with van der Waals surface area (Å²) in [6.45, 7) is 0. The summed E-state index contributed by atoms with van der Waals surface area (Å²) in [6, 6.07) is 3.65. The van der Waals surface area contributed by atoms with Gasteiger partial charge in [-0.1, -0.05) is 12.2 Å². The second kappa shape index (κ2) is 4.32. The molecule has 7 heteroatoms. The maximum Gasteiger partial charge on any atom is 0.238 e. The summed E-state index contributed by atoms with van der Waals surface area (Å²) in [5.74, 6) is -1.44. The minimum atomic E-state index is -3.78. The standard InChI is InChI=1S/C13H14N2O4S/c14-20(18,19)7-4-5-11-10(6-7)8-2-1-3-9(8)12(15-11)13(16)17/h1-2,4-6,8-9,12,15H,3H2,(H,16,17)(H2,14,18,19)/p-1/t8-,9-,12+/m0/s1. The molecule has 20 heavy (non-hydrogen) atoms. The molecule has 1 aliphatic carbocycles. The van der Waals surface area contributed by atoms with Gasteiger partial charge in [-0.15, -0.1) is 0 Å². The van der Waals surface area contributed by atoms with Crippen LogP contribution in [0.15, 0.2) is 35.2 Å². The van der Waals surface area contributed by atoms with Crippen LogP contribution in [0, 0.1) is 5.92 Å². The number of rotatable bonds is 2. The summed E-state index contributed by atoms with van der Waals surface area (Å²) >= 11 is 0. The van der Waals surface area contributed by atoms with Gasteiger partial charge < -0.3 is 15.2 Å². The van der Waals surface area contributed by atoms with Crippen molar-refractivity contribution >= 4 is 21.7 Å². The molecule has 6 nitrogen and oxygen atoms in total. The molecule has 1 aromatic rings. The van der Waals surface area contributed by atoms with Crippen LogP contribution in [0.5, 0.6) is 0 Å². The Labute approximate surface area is 116 Å². The summed E-state index contributed by atoms with van der Waals surface area (Å²) in [7, 11) is -3.78.